The molecule has 1 aliphatic rings. The van der Waals surface area contributed by atoms with Crippen molar-refractivity contribution < 1.29 is 13.5 Å². The summed E-state index contributed by atoms with van der Waals surface area (Å²) in [5, 5.41) is 9.36. The maximum atomic E-state index is 12.4. The molecule has 0 saturated heterocycles. The van der Waals surface area contributed by atoms with Crippen LogP contribution in [-0.2, 0) is 10.0 Å². The second kappa shape index (κ2) is 6.77. The summed E-state index contributed by atoms with van der Waals surface area (Å²) >= 11 is 0. The normalized spacial score (nSPS) is 21.9. The summed E-state index contributed by atoms with van der Waals surface area (Å²) < 4.78 is 27.3. The first-order chi connectivity index (χ1) is 9.94. The third-order valence-corrected chi connectivity index (χ3v) is 5.36. The molecule has 21 heavy (non-hydrogen) atoms. The highest BCUT2D eigenvalue weighted by Crippen LogP contribution is 2.31. The molecule has 2 rings (SSSR count). The van der Waals surface area contributed by atoms with Crippen LogP contribution in [0.4, 0.5) is 5.69 Å². The van der Waals surface area contributed by atoms with Crippen molar-refractivity contribution in [2.75, 3.05) is 25.0 Å². The van der Waals surface area contributed by atoms with Crippen molar-refractivity contribution in [2.45, 2.75) is 37.2 Å². The predicted molar refractivity (Wildman–Crippen MR) is 83.9 cm³/mol. The van der Waals surface area contributed by atoms with Crippen molar-refractivity contribution in [1.82, 2.24) is 4.72 Å². The van der Waals surface area contributed by atoms with Gasteiger partial charge in [-0.1, -0.05) is 19.1 Å². The summed E-state index contributed by atoms with van der Waals surface area (Å²) in [5.41, 5.74) is 0.711. The number of sulfonamides is 1. The monoisotopic (exact) mass is 312 g/mol. The van der Waals surface area contributed by atoms with Gasteiger partial charge in [0.25, 0.3) is 0 Å². The van der Waals surface area contributed by atoms with Gasteiger partial charge in [-0.2, -0.15) is 0 Å². The molecule has 1 saturated carbocycles. The number of hydrogen-bond donors (Lipinski definition) is 2. The van der Waals surface area contributed by atoms with Crippen molar-refractivity contribution in [3.63, 3.8) is 0 Å². The quantitative estimate of drug-likeness (QED) is 0.802. The fourth-order valence-electron chi connectivity index (χ4n) is 2.65. The SMILES string of the molecule is CCCNS(=O)(=O)c1ccccc1N(C)CC1CC(O)C1. The Morgan fingerprint density at radius 2 is 2.00 bits per heavy atom. The number of benzene rings is 1. The molecule has 6 heteroatoms. The van der Waals surface area contributed by atoms with Crippen molar-refractivity contribution in [2.24, 2.45) is 5.92 Å². The summed E-state index contributed by atoms with van der Waals surface area (Å²) in [5.74, 6) is 0.435. The molecule has 1 aliphatic carbocycles. The molecule has 2 N–H and O–H groups in total. The summed E-state index contributed by atoms with van der Waals surface area (Å²) in [6.07, 6.45) is 2.17. The van der Waals surface area contributed by atoms with Crippen LogP contribution in [0.25, 0.3) is 0 Å². The highest BCUT2D eigenvalue weighted by Gasteiger charge is 2.29. The topological polar surface area (TPSA) is 69.6 Å². The second-order valence-electron chi connectivity index (χ2n) is 5.74. The first kappa shape index (κ1) is 16.3. The van der Waals surface area contributed by atoms with E-state index in [1.807, 2.05) is 31.0 Å². The third kappa shape index (κ3) is 3.96. The maximum Gasteiger partial charge on any atom is 0.242 e. The Bertz CT molecular complexity index is 568. The van der Waals surface area contributed by atoms with Crippen molar-refractivity contribution in [1.29, 1.82) is 0 Å². The fraction of sp³-hybridized carbons (Fsp3) is 0.600. The van der Waals surface area contributed by atoms with Crippen LogP contribution in [0.1, 0.15) is 26.2 Å². The van der Waals surface area contributed by atoms with Gasteiger partial charge in [0.15, 0.2) is 0 Å². The predicted octanol–water partition coefficient (Wildman–Crippen LogP) is 1.58. The minimum Gasteiger partial charge on any atom is -0.393 e. The number of anilines is 1. The van der Waals surface area contributed by atoms with E-state index in [1.54, 1.807) is 12.1 Å². The Kier molecular flexibility index (Phi) is 5.24. The lowest BCUT2D eigenvalue weighted by molar-refractivity contribution is 0.0464. The van der Waals surface area contributed by atoms with E-state index in [1.165, 1.54) is 0 Å². The molecule has 0 radical (unpaired) electrons. The third-order valence-electron chi connectivity index (χ3n) is 3.85. The van der Waals surface area contributed by atoms with Gasteiger partial charge >= 0.3 is 0 Å². The smallest absolute Gasteiger partial charge is 0.242 e. The van der Waals surface area contributed by atoms with E-state index in [4.69, 9.17) is 0 Å². The molecule has 0 atom stereocenters. The van der Waals surface area contributed by atoms with Gasteiger partial charge in [0.1, 0.15) is 4.90 Å². The Morgan fingerprint density at radius 1 is 1.33 bits per heavy atom. The van der Waals surface area contributed by atoms with E-state index in [2.05, 4.69) is 4.72 Å². The fourth-order valence-corrected chi connectivity index (χ4v) is 4.03. The zero-order chi connectivity index (χ0) is 15.5. The summed E-state index contributed by atoms with van der Waals surface area (Å²) in [6.45, 7) is 3.13. The van der Waals surface area contributed by atoms with Crippen LogP contribution in [0.15, 0.2) is 29.2 Å². The van der Waals surface area contributed by atoms with Gasteiger partial charge in [-0.05, 0) is 37.3 Å². The average Bonchev–Trinajstić information content (AvgIpc) is 2.43. The van der Waals surface area contributed by atoms with Crippen molar-refractivity contribution >= 4 is 15.7 Å². The van der Waals surface area contributed by atoms with Crippen LogP contribution in [0.2, 0.25) is 0 Å². The van der Waals surface area contributed by atoms with E-state index in [9.17, 15) is 13.5 Å². The van der Waals surface area contributed by atoms with Gasteiger partial charge in [-0.3, -0.25) is 0 Å². The Morgan fingerprint density at radius 3 is 2.62 bits per heavy atom. The zero-order valence-electron chi connectivity index (χ0n) is 12.6. The first-order valence-electron chi connectivity index (χ1n) is 7.42. The molecule has 0 unspecified atom stereocenters. The van der Waals surface area contributed by atoms with Crippen LogP contribution in [0.3, 0.4) is 0 Å². The summed E-state index contributed by atoms with van der Waals surface area (Å²) in [6, 6.07) is 7.06. The molecule has 0 aliphatic heterocycles. The van der Waals surface area contributed by atoms with Crippen LogP contribution < -0.4 is 9.62 Å². The number of aliphatic hydroxyl groups excluding tert-OH is 1. The molecular formula is C15H24N2O3S. The highest BCUT2D eigenvalue weighted by molar-refractivity contribution is 7.89. The van der Waals surface area contributed by atoms with E-state index in [0.717, 1.165) is 25.8 Å². The van der Waals surface area contributed by atoms with Gasteiger partial charge in [0, 0.05) is 20.1 Å². The summed E-state index contributed by atoms with van der Waals surface area (Å²) in [4.78, 5) is 2.29. The molecular weight excluding hydrogens is 288 g/mol. The van der Waals surface area contributed by atoms with Crippen molar-refractivity contribution in [3.05, 3.63) is 24.3 Å². The van der Waals surface area contributed by atoms with E-state index < -0.39 is 10.0 Å². The maximum absolute atomic E-state index is 12.4. The minimum absolute atomic E-state index is 0.186. The molecule has 1 fully saturated rings. The molecule has 0 aromatic heterocycles. The second-order valence-corrected chi connectivity index (χ2v) is 7.47. The molecule has 5 nitrogen and oxygen atoms in total. The Hall–Kier alpha value is -1.11. The average molecular weight is 312 g/mol. The van der Waals surface area contributed by atoms with Gasteiger partial charge in [0.2, 0.25) is 10.0 Å². The number of aliphatic hydroxyl groups is 1. The van der Waals surface area contributed by atoms with E-state index >= 15 is 0 Å². The standard InChI is InChI=1S/C15H24N2O3S/c1-3-8-16-21(19,20)15-7-5-4-6-14(15)17(2)11-12-9-13(18)10-12/h4-7,12-13,16,18H,3,8-11H2,1-2H3. The molecule has 0 heterocycles. The zero-order valence-corrected chi connectivity index (χ0v) is 13.4. The molecule has 0 amide bonds. The Labute approximate surface area is 127 Å². The number of para-hydroxylation sites is 1. The van der Waals surface area contributed by atoms with Crippen LogP contribution in [0.5, 0.6) is 0 Å². The lowest BCUT2D eigenvalue weighted by Gasteiger charge is -2.35. The van der Waals surface area contributed by atoms with Crippen molar-refractivity contribution in [3.8, 4) is 0 Å². The largest absolute Gasteiger partial charge is 0.393 e. The molecule has 118 valence electrons. The van der Waals surface area contributed by atoms with Crippen LogP contribution >= 0.6 is 0 Å². The summed E-state index contributed by atoms with van der Waals surface area (Å²) in [7, 11) is -1.57. The molecule has 1 aromatic rings. The molecule has 0 bridgehead atoms. The highest BCUT2D eigenvalue weighted by atomic mass is 32.2. The number of nitrogens with zero attached hydrogens (tertiary/aromatic N) is 1. The lowest BCUT2D eigenvalue weighted by Crippen LogP contribution is -2.37. The van der Waals surface area contributed by atoms with E-state index in [-0.39, 0.29) is 6.10 Å². The first-order valence-corrected chi connectivity index (χ1v) is 8.90. The van der Waals surface area contributed by atoms with Gasteiger partial charge in [-0.15, -0.1) is 0 Å². The van der Waals surface area contributed by atoms with Crippen LogP contribution in [0, 0.1) is 5.92 Å². The van der Waals surface area contributed by atoms with E-state index in [0.29, 0.717) is 23.0 Å². The van der Waals surface area contributed by atoms with Gasteiger partial charge in [0.05, 0.1) is 11.8 Å². The Balaban J connectivity index is 2.16. The lowest BCUT2D eigenvalue weighted by atomic mass is 9.82. The van der Waals surface area contributed by atoms with Gasteiger partial charge in [-0.25, -0.2) is 13.1 Å². The number of nitrogens with one attached hydrogen (secondary N) is 1. The van der Waals surface area contributed by atoms with Gasteiger partial charge < -0.3 is 10.0 Å². The molecule has 0 spiro atoms. The molecule has 1 aromatic carbocycles. The van der Waals surface area contributed by atoms with Crippen LogP contribution in [-0.4, -0.2) is 39.8 Å². The minimum atomic E-state index is -3.47. The number of rotatable bonds is 7. The number of hydrogen-bond acceptors (Lipinski definition) is 4.